The van der Waals surface area contributed by atoms with Crippen molar-refractivity contribution in [2.45, 2.75) is 57.6 Å². The van der Waals surface area contributed by atoms with Crippen LogP contribution in [0.4, 0.5) is 5.82 Å². The van der Waals surface area contributed by atoms with Crippen LogP contribution < -0.4 is 5.32 Å². The molecule has 1 saturated heterocycles. The highest BCUT2D eigenvalue weighted by molar-refractivity contribution is 5.93. The molecule has 2 heterocycles. The van der Waals surface area contributed by atoms with E-state index in [0.29, 0.717) is 12.4 Å². The zero-order valence-electron chi connectivity index (χ0n) is 12.6. The number of fused-ring (bicyclic) bond motifs is 1. The molecular formula is C16H22N2O3. The lowest BCUT2D eigenvalue weighted by Crippen LogP contribution is -2.42. The lowest BCUT2D eigenvalue weighted by molar-refractivity contribution is 0.0696. The number of hydrogen-bond acceptors (Lipinski definition) is 4. The van der Waals surface area contributed by atoms with Crippen molar-refractivity contribution in [3.05, 3.63) is 22.9 Å². The van der Waals surface area contributed by atoms with Gasteiger partial charge in [-0.3, -0.25) is 0 Å². The maximum atomic E-state index is 11.6. The molecule has 21 heavy (non-hydrogen) atoms. The fourth-order valence-corrected chi connectivity index (χ4v) is 3.16. The van der Waals surface area contributed by atoms with Crippen molar-refractivity contribution in [3.63, 3.8) is 0 Å². The molecule has 0 aromatic carbocycles. The minimum Gasteiger partial charge on any atom is -0.478 e. The molecule has 2 N–H and O–H groups in total. The molecule has 3 rings (SSSR count). The number of ether oxygens (including phenoxy) is 1. The Hall–Kier alpha value is -1.62. The minimum absolute atomic E-state index is 0.0389. The van der Waals surface area contributed by atoms with Crippen LogP contribution in [0.5, 0.6) is 0 Å². The van der Waals surface area contributed by atoms with Crippen molar-refractivity contribution in [2.75, 3.05) is 11.9 Å². The number of nitrogens with one attached hydrogen (secondary N) is 1. The van der Waals surface area contributed by atoms with Gasteiger partial charge in [0.2, 0.25) is 0 Å². The van der Waals surface area contributed by atoms with E-state index in [1.807, 2.05) is 6.92 Å². The van der Waals surface area contributed by atoms with E-state index < -0.39 is 5.97 Å². The smallest absolute Gasteiger partial charge is 0.339 e. The molecule has 1 aliphatic heterocycles. The summed E-state index contributed by atoms with van der Waals surface area (Å²) in [6, 6.07) is 1.80. The summed E-state index contributed by atoms with van der Waals surface area (Å²) in [6.07, 6.45) is 5.00. The van der Waals surface area contributed by atoms with Crippen molar-refractivity contribution in [3.8, 4) is 0 Å². The quantitative estimate of drug-likeness (QED) is 0.895. The average Bonchev–Trinajstić information content (AvgIpc) is 2.77. The molecule has 0 saturated carbocycles. The molecular weight excluding hydrogens is 268 g/mol. The lowest BCUT2D eigenvalue weighted by atomic mass is 9.92. The normalized spacial score (nSPS) is 28.2. The topological polar surface area (TPSA) is 71.5 Å². The van der Waals surface area contributed by atoms with Gasteiger partial charge in [0.05, 0.1) is 11.6 Å². The number of carboxylic acids is 1. The van der Waals surface area contributed by atoms with Crippen molar-refractivity contribution in [1.82, 2.24) is 4.98 Å². The number of aromatic carboxylic acids is 1. The Kier molecular flexibility index (Phi) is 3.61. The van der Waals surface area contributed by atoms with Gasteiger partial charge in [-0.05, 0) is 57.6 Å². The molecule has 1 aromatic rings. The molecule has 1 aliphatic carbocycles. The number of aryl methyl sites for hydroxylation is 2. The molecule has 1 aromatic heterocycles. The summed E-state index contributed by atoms with van der Waals surface area (Å²) < 4.78 is 5.62. The Labute approximate surface area is 124 Å². The van der Waals surface area contributed by atoms with E-state index in [4.69, 9.17) is 4.74 Å². The fraction of sp³-hybridized carbons (Fsp3) is 0.625. The van der Waals surface area contributed by atoms with Crippen LogP contribution in [0.15, 0.2) is 6.07 Å². The van der Waals surface area contributed by atoms with Gasteiger partial charge in [-0.15, -0.1) is 0 Å². The molecule has 2 aliphatic rings. The minimum atomic E-state index is -0.923. The molecule has 0 spiro atoms. The summed E-state index contributed by atoms with van der Waals surface area (Å²) in [5.41, 5.74) is 2.14. The second kappa shape index (κ2) is 5.30. The average molecular weight is 290 g/mol. The van der Waals surface area contributed by atoms with Crippen molar-refractivity contribution in [2.24, 2.45) is 0 Å². The van der Waals surface area contributed by atoms with Gasteiger partial charge in [0.1, 0.15) is 11.4 Å². The number of nitrogens with zero attached hydrogens (tertiary/aromatic N) is 1. The number of aromatic nitrogens is 1. The highest BCUT2D eigenvalue weighted by Gasteiger charge is 2.38. The van der Waals surface area contributed by atoms with E-state index in [1.165, 1.54) is 0 Å². The second-order valence-electron chi connectivity index (χ2n) is 6.31. The molecule has 1 fully saturated rings. The van der Waals surface area contributed by atoms with Crippen LogP contribution in [0.1, 0.15) is 54.7 Å². The van der Waals surface area contributed by atoms with Gasteiger partial charge in [0.15, 0.2) is 0 Å². The Bertz CT molecular complexity index is 573. The van der Waals surface area contributed by atoms with Crippen molar-refractivity contribution < 1.29 is 14.6 Å². The SMILES string of the molecule is CC1OCCC1(C)Nc1nc2c(cc1C(=O)O)CCCC2. The third kappa shape index (κ3) is 2.62. The molecule has 5 heteroatoms. The van der Waals surface area contributed by atoms with Crippen molar-refractivity contribution in [1.29, 1.82) is 0 Å². The number of hydrogen-bond donors (Lipinski definition) is 2. The number of anilines is 1. The van der Waals surface area contributed by atoms with Crippen molar-refractivity contribution >= 4 is 11.8 Å². The monoisotopic (exact) mass is 290 g/mol. The predicted octanol–water partition coefficient (Wildman–Crippen LogP) is 2.64. The van der Waals surface area contributed by atoms with E-state index in [2.05, 4.69) is 17.2 Å². The molecule has 0 radical (unpaired) electrons. The van der Waals surface area contributed by atoms with Crippen LogP contribution in [0.3, 0.4) is 0 Å². The first-order chi connectivity index (χ1) is 9.99. The maximum absolute atomic E-state index is 11.6. The first-order valence-corrected chi connectivity index (χ1v) is 7.65. The van der Waals surface area contributed by atoms with Crippen LogP contribution in [0.25, 0.3) is 0 Å². The zero-order valence-corrected chi connectivity index (χ0v) is 12.6. The van der Waals surface area contributed by atoms with E-state index in [-0.39, 0.29) is 17.2 Å². The van der Waals surface area contributed by atoms with Crippen LogP contribution >= 0.6 is 0 Å². The predicted molar refractivity (Wildman–Crippen MR) is 79.9 cm³/mol. The number of rotatable bonds is 3. The first kappa shape index (κ1) is 14.3. The van der Waals surface area contributed by atoms with Crippen LogP contribution in [0, 0.1) is 0 Å². The van der Waals surface area contributed by atoms with Gasteiger partial charge >= 0.3 is 5.97 Å². The van der Waals surface area contributed by atoms with Gasteiger partial charge in [-0.1, -0.05) is 0 Å². The van der Waals surface area contributed by atoms with E-state index in [9.17, 15) is 9.90 Å². The summed E-state index contributed by atoms with van der Waals surface area (Å²) in [7, 11) is 0. The summed E-state index contributed by atoms with van der Waals surface area (Å²) >= 11 is 0. The van der Waals surface area contributed by atoms with Gasteiger partial charge in [0.25, 0.3) is 0 Å². The third-order valence-electron chi connectivity index (χ3n) is 4.82. The highest BCUT2D eigenvalue weighted by atomic mass is 16.5. The van der Waals surface area contributed by atoms with E-state index >= 15 is 0 Å². The molecule has 2 unspecified atom stereocenters. The maximum Gasteiger partial charge on any atom is 0.339 e. The Morgan fingerprint density at radius 1 is 1.48 bits per heavy atom. The molecule has 114 valence electrons. The molecule has 0 amide bonds. The zero-order chi connectivity index (χ0) is 15.0. The molecule has 5 nitrogen and oxygen atoms in total. The molecule has 2 atom stereocenters. The molecule has 0 bridgehead atoms. The number of pyridine rings is 1. The third-order valence-corrected chi connectivity index (χ3v) is 4.82. The van der Waals surface area contributed by atoms with E-state index in [0.717, 1.165) is 43.4 Å². The van der Waals surface area contributed by atoms with Crippen LogP contribution in [-0.2, 0) is 17.6 Å². The Morgan fingerprint density at radius 3 is 2.90 bits per heavy atom. The van der Waals surface area contributed by atoms with Gasteiger partial charge in [-0.25, -0.2) is 9.78 Å². The van der Waals surface area contributed by atoms with Gasteiger partial charge < -0.3 is 15.2 Å². The number of carboxylic acid groups (broad SMARTS) is 1. The standard InChI is InChI=1S/C16H22N2O3/c1-10-16(2,7-8-21-10)18-14-12(15(19)20)9-11-5-3-4-6-13(11)17-14/h9-10H,3-8H2,1-2H3,(H,17,18)(H,19,20). The summed E-state index contributed by atoms with van der Waals surface area (Å²) in [4.78, 5) is 16.2. The highest BCUT2D eigenvalue weighted by Crippen LogP contribution is 2.32. The second-order valence-corrected chi connectivity index (χ2v) is 6.31. The van der Waals surface area contributed by atoms with Gasteiger partial charge in [0, 0.05) is 12.3 Å². The first-order valence-electron chi connectivity index (χ1n) is 7.65. The van der Waals surface area contributed by atoms with Crippen LogP contribution in [-0.4, -0.2) is 34.3 Å². The summed E-state index contributed by atoms with van der Waals surface area (Å²) in [5, 5.41) is 12.8. The summed E-state index contributed by atoms with van der Waals surface area (Å²) in [6.45, 7) is 4.77. The summed E-state index contributed by atoms with van der Waals surface area (Å²) in [5.74, 6) is -0.434. The lowest BCUT2D eigenvalue weighted by Gasteiger charge is -2.31. The largest absolute Gasteiger partial charge is 0.478 e. The Morgan fingerprint density at radius 2 is 2.24 bits per heavy atom. The Balaban J connectivity index is 1.98. The number of carbonyl (C=O) groups is 1. The fourth-order valence-electron chi connectivity index (χ4n) is 3.16. The van der Waals surface area contributed by atoms with Crippen LogP contribution in [0.2, 0.25) is 0 Å². The van der Waals surface area contributed by atoms with Gasteiger partial charge in [-0.2, -0.15) is 0 Å². The van der Waals surface area contributed by atoms with E-state index in [1.54, 1.807) is 6.07 Å².